The lowest BCUT2D eigenvalue weighted by molar-refractivity contribution is 0.578. The van der Waals surface area contributed by atoms with Gasteiger partial charge >= 0.3 is 0 Å². The van der Waals surface area contributed by atoms with E-state index in [1.807, 2.05) is 6.07 Å². The van der Waals surface area contributed by atoms with E-state index in [4.69, 9.17) is 0 Å². The van der Waals surface area contributed by atoms with Gasteiger partial charge in [0.1, 0.15) is 0 Å². The lowest BCUT2D eigenvalue weighted by Gasteiger charge is -2.15. The van der Waals surface area contributed by atoms with Crippen molar-refractivity contribution in [3.63, 3.8) is 0 Å². The molecule has 108 valence electrons. The van der Waals surface area contributed by atoms with E-state index in [0.29, 0.717) is 6.04 Å². The van der Waals surface area contributed by atoms with Crippen molar-refractivity contribution in [3.8, 4) is 0 Å². The first-order valence-electron chi connectivity index (χ1n) is 7.77. The van der Waals surface area contributed by atoms with Gasteiger partial charge in [0.05, 0.1) is 11.0 Å². The molecule has 0 aliphatic heterocycles. The predicted molar refractivity (Wildman–Crippen MR) is 86.0 cm³/mol. The topological polar surface area (TPSA) is 37.8 Å². The Labute approximate surface area is 121 Å². The zero-order valence-electron chi connectivity index (χ0n) is 12.6. The van der Waals surface area contributed by atoms with E-state index < -0.39 is 0 Å². The molecule has 0 aliphatic carbocycles. The van der Waals surface area contributed by atoms with Crippen LogP contribution in [0.4, 0.5) is 5.69 Å². The predicted octanol–water partition coefficient (Wildman–Crippen LogP) is 4.79. The van der Waals surface area contributed by atoms with Crippen LogP contribution in [0.3, 0.4) is 0 Å². The van der Waals surface area contributed by atoms with Gasteiger partial charge in [-0.1, -0.05) is 39.0 Å². The van der Waals surface area contributed by atoms with Gasteiger partial charge < -0.3 is 5.32 Å². The van der Waals surface area contributed by atoms with E-state index in [9.17, 15) is 0 Å². The third-order valence-corrected chi connectivity index (χ3v) is 3.62. The molecule has 1 unspecified atom stereocenters. The van der Waals surface area contributed by atoms with Crippen molar-refractivity contribution in [2.45, 2.75) is 58.4 Å². The summed E-state index contributed by atoms with van der Waals surface area (Å²) in [6, 6.07) is 6.70. The molecule has 1 aromatic carbocycles. The number of aromatic nitrogens is 2. The van der Waals surface area contributed by atoms with Crippen LogP contribution in [0.1, 0.15) is 52.4 Å². The number of nitrogens with zero attached hydrogens (tertiary/aromatic N) is 2. The molecule has 20 heavy (non-hydrogen) atoms. The van der Waals surface area contributed by atoms with E-state index >= 15 is 0 Å². The summed E-state index contributed by atoms with van der Waals surface area (Å²) in [5, 5.41) is 3.56. The second-order valence-electron chi connectivity index (χ2n) is 5.51. The van der Waals surface area contributed by atoms with Gasteiger partial charge in [-0.3, -0.25) is 9.97 Å². The normalized spacial score (nSPS) is 12.5. The van der Waals surface area contributed by atoms with E-state index in [0.717, 1.165) is 16.7 Å². The SMILES string of the molecule is CCCCCCCC(C)Nc1ccc2nccnc2c1. The van der Waals surface area contributed by atoms with E-state index in [-0.39, 0.29) is 0 Å². The third-order valence-electron chi connectivity index (χ3n) is 3.62. The van der Waals surface area contributed by atoms with Gasteiger partial charge in [-0.2, -0.15) is 0 Å². The quantitative estimate of drug-likeness (QED) is 0.701. The number of hydrogen-bond acceptors (Lipinski definition) is 3. The summed E-state index contributed by atoms with van der Waals surface area (Å²) in [5.74, 6) is 0. The highest BCUT2D eigenvalue weighted by molar-refractivity contribution is 5.78. The second kappa shape index (κ2) is 7.83. The van der Waals surface area contributed by atoms with Crippen LogP contribution < -0.4 is 5.32 Å². The fourth-order valence-corrected chi connectivity index (χ4v) is 2.46. The molecule has 1 heterocycles. The Hall–Kier alpha value is -1.64. The van der Waals surface area contributed by atoms with Crippen molar-refractivity contribution in [2.24, 2.45) is 0 Å². The molecule has 0 spiro atoms. The summed E-state index contributed by atoms with van der Waals surface area (Å²) < 4.78 is 0. The van der Waals surface area contributed by atoms with Crippen molar-refractivity contribution < 1.29 is 0 Å². The number of rotatable bonds is 8. The maximum atomic E-state index is 4.34. The highest BCUT2D eigenvalue weighted by atomic mass is 14.9. The minimum Gasteiger partial charge on any atom is -0.383 e. The first kappa shape index (κ1) is 14.8. The molecule has 3 heteroatoms. The van der Waals surface area contributed by atoms with Crippen molar-refractivity contribution >= 4 is 16.7 Å². The molecule has 0 saturated heterocycles. The second-order valence-corrected chi connectivity index (χ2v) is 5.51. The summed E-state index contributed by atoms with van der Waals surface area (Å²) in [4.78, 5) is 8.63. The van der Waals surface area contributed by atoms with Crippen molar-refractivity contribution in [1.29, 1.82) is 0 Å². The number of benzene rings is 1. The average molecular weight is 271 g/mol. The molecule has 0 fully saturated rings. The first-order valence-corrected chi connectivity index (χ1v) is 7.77. The summed E-state index contributed by atoms with van der Waals surface area (Å²) in [6.07, 6.45) is 11.4. The molecule has 1 aromatic heterocycles. The Morgan fingerprint density at radius 1 is 1.00 bits per heavy atom. The maximum absolute atomic E-state index is 4.34. The molecule has 3 nitrogen and oxygen atoms in total. The zero-order valence-corrected chi connectivity index (χ0v) is 12.6. The van der Waals surface area contributed by atoms with Crippen molar-refractivity contribution in [1.82, 2.24) is 9.97 Å². The largest absolute Gasteiger partial charge is 0.383 e. The van der Waals surface area contributed by atoms with Crippen LogP contribution in [0, 0.1) is 0 Å². The van der Waals surface area contributed by atoms with Crippen LogP contribution in [0.5, 0.6) is 0 Å². The first-order chi connectivity index (χ1) is 9.79. The van der Waals surface area contributed by atoms with Crippen LogP contribution in [0.2, 0.25) is 0 Å². The summed E-state index contributed by atoms with van der Waals surface area (Å²) >= 11 is 0. The van der Waals surface area contributed by atoms with Gasteiger partial charge in [-0.25, -0.2) is 0 Å². The fourth-order valence-electron chi connectivity index (χ4n) is 2.46. The lowest BCUT2D eigenvalue weighted by Crippen LogP contribution is -2.14. The maximum Gasteiger partial charge on any atom is 0.0907 e. The number of unbranched alkanes of at least 4 members (excludes halogenated alkanes) is 4. The number of fused-ring (bicyclic) bond motifs is 1. The lowest BCUT2D eigenvalue weighted by atomic mass is 10.1. The average Bonchev–Trinajstić information content (AvgIpc) is 2.47. The highest BCUT2D eigenvalue weighted by Gasteiger charge is 2.03. The number of hydrogen-bond donors (Lipinski definition) is 1. The van der Waals surface area contributed by atoms with Crippen molar-refractivity contribution in [2.75, 3.05) is 5.32 Å². The van der Waals surface area contributed by atoms with E-state index in [1.165, 1.54) is 38.5 Å². The molecule has 0 aliphatic rings. The summed E-state index contributed by atoms with van der Waals surface area (Å²) in [7, 11) is 0. The van der Waals surface area contributed by atoms with Crippen LogP contribution >= 0.6 is 0 Å². The summed E-state index contributed by atoms with van der Waals surface area (Å²) in [6.45, 7) is 4.51. The standard InChI is InChI=1S/C17H25N3/c1-3-4-5-6-7-8-14(2)20-15-9-10-16-17(13-15)19-12-11-18-16/h9-14,20H,3-8H2,1-2H3. The Morgan fingerprint density at radius 2 is 1.75 bits per heavy atom. The third kappa shape index (κ3) is 4.48. The van der Waals surface area contributed by atoms with E-state index in [2.05, 4.69) is 41.3 Å². The highest BCUT2D eigenvalue weighted by Crippen LogP contribution is 2.17. The molecule has 0 bridgehead atoms. The van der Waals surface area contributed by atoms with Gasteiger partial charge in [-0.15, -0.1) is 0 Å². The Balaban J connectivity index is 1.81. The monoisotopic (exact) mass is 271 g/mol. The Kier molecular flexibility index (Phi) is 5.78. The van der Waals surface area contributed by atoms with Crippen LogP contribution in [0.25, 0.3) is 11.0 Å². The van der Waals surface area contributed by atoms with Gasteiger partial charge in [-0.05, 0) is 31.5 Å². The minimum atomic E-state index is 0.505. The molecule has 0 saturated carbocycles. The van der Waals surface area contributed by atoms with Gasteiger partial charge in [0.25, 0.3) is 0 Å². The fraction of sp³-hybridized carbons (Fsp3) is 0.529. The number of nitrogens with one attached hydrogen (secondary N) is 1. The Bertz CT molecular complexity index is 524. The summed E-state index contributed by atoms with van der Waals surface area (Å²) in [5.41, 5.74) is 3.04. The smallest absolute Gasteiger partial charge is 0.0907 e. The molecular formula is C17H25N3. The van der Waals surface area contributed by atoms with Gasteiger partial charge in [0.15, 0.2) is 0 Å². The van der Waals surface area contributed by atoms with E-state index in [1.54, 1.807) is 12.4 Å². The van der Waals surface area contributed by atoms with Crippen LogP contribution in [0.15, 0.2) is 30.6 Å². The molecule has 1 N–H and O–H groups in total. The molecule has 2 aromatic rings. The molecule has 0 amide bonds. The van der Waals surface area contributed by atoms with Crippen LogP contribution in [-0.4, -0.2) is 16.0 Å². The zero-order chi connectivity index (χ0) is 14.2. The molecule has 0 radical (unpaired) electrons. The van der Waals surface area contributed by atoms with Crippen molar-refractivity contribution in [3.05, 3.63) is 30.6 Å². The van der Waals surface area contributed by atoms with Gasteiger partial charge in [0.2, 0.25) is 0 Å². The Morgan fingerprint density at radius 3 is 2.55 bits per heavy atom. The molecular weight excluding hydrogens is 246 g/mol. The van der Waals surface area contributed by atoms with Crippen LogP contribution in [-0.2, 0) is 0 Å². The number of anilines is 1. The molecule has 1 atom stereocenters. The van der Waals surface area contributed by atoms with Gasteiger partial charge in [0, 0.05) is 24.1 Å². The molecule has 2 rings (SSSR count). The minimum absolute atomic E-state index is 0.505.